The maximum Gasteiger partial charge on any atom is 0.329 e. The van der Waals surface area contributed by atoms with Crippen LogP contribution in [0.2, 0.25) is 5.15 Å². The first kappa shape index (κ1) is 19.8. The van der Waals surface area contributed by atoms with Crippen LogP contribution in [0.25, 0.3) is 0 Å². The number of H-pyrrole nitrogens is 1. The molecule has 0 spiro atoms. The van der Waals surface area contributed by atoms with Gasteiger partial charge in [-0.1, -0.05) is 41.8 Å². The number of aromatic amines is 1. The Bertz CT molecular complexity index is 1160. The van der Waals surface area contributed by atoms with E-state index in [9.17, 15) is 14.4 Å². The van der Waals surface area contributed by atoms with Crippen LogP contribution in [0.5, 0.6) is 0 Å². The first-order valence-electron chi connectivity index (χ1n) is 8.90. The van der Waals surface area contributed by atoms with Gasteiger partial charge in [0.2, 0.25) is 5.78 Å². The minimum Gasteiger partial charge on any atom is -0.303 e. The summed E-state index contributed by atoms with van der Waals surface area (Å²) in [5.41, 5.74) is 1.95. The van der Waals surface area contributed by atoms with E-state index in [1.54, 1.807) is 37.3 Å². The van der Waals surface area contributed by atoms with Gasteiger partial charge in [-0.2, -0.15) is 0 Å². The van der Waals surface area contributed by atoms with Gasteiger partial charge in [-0.25, -0.2) is 9.78 Å². The van der Waals surface area contributed by atoms with Crippen LogP contribution in [0.4, 0.5) is 0 Å². The van der Waals surface area contributed by atoms with Crippen LogP contribution < -0.4 is 11.2 Å². The first-order chi connectivity index (χ1) is 13.3. The Hall–Kier alpha value is -2.99. The number of ketones is 1. The van der Waals surface area contributed by atoms with E-state index in [0.29, 0.717) is 17.7 Å². The maximum absolute atomic E-state index is 13.0. The Kier molecular flexibility index (Phi) is 5.61. The molecule has 0 atom stereocenters. The molecule has 0 aliphatic carbocycles. The Morgan fingerprint density at radius 2 is 1.82 bits per heavy atom. The molecule has 0 radical (unpaired) electrons. The average Bonchev–Trinajstić information content (AvgIpc) is 2.63. The van der Waals surface area contributed by atoms with Crippen LogP contribution in [0.15, 0.2) is 46.0 Å². The summed E-state index contributed by atoms with van der Waals surface area (Å²) >= 11 is 5.88. The summed E-state index contributed by atoms with van der Waals surface area (Å²) in [5.74, 6) is -0.370. The summed E-state index contributed by atoms with van der Waals surface area (Å²) in [6.45, 7) is 5.53. The highest BCUT2D eigenvalue weighted by molar-refractivity contribution is 6.29. The zero-order valence-corrected chi connectivity index (χ0v) is 16.6. The van der Waals surface area contributed by atoms with Gasteiger partial charge in [-0.15, -0.1) is 0 Å². The Balaban J connectivity index is 2.10. The number of aryl methyl sites for hydroxylation is 2. The highest BCUT2D eigenvalue weighted by Crippen LogP contribution is 2.14. The fraction of sp³-hybridized carbons (Fsp3) is 0.238. The smallest absolute Gasteiger partial charge is 0.303 e. The third-order valence-corrected chi connectivity index (χ3v) is 4.65. The van der Waals surface area contributed by atoms with Crippen molar-refractivity contribution in [3.63, 3.8) is 0 Å². The average molecular weight is 398 g/mol. The molecule has 0 amide bonds. The van der Waals surface area contributed by atoms with Gasteiger partial charge in [-0.3, -0.25) is 14.2 Å². The number of nitrogens with zero attached hydrogens (tertiary/aromatic N) is 2. The number of pyridine rings is 1. The van der Waals surface area contributed by atoms with Gasteiger partial charge in [0.05, 0.1) is 17.9 Å². The summed E-state index contributed by atoms with van der Waals surface area (Å²) in [4.78, 5) is 45.2. The number of hydrogen-bond donors (Lipinski definition) is 1. The highest BCUT2D eigenvalue weighted by atomic mass is 35.5. The van der Waals surface area contributed by atoms with Crippen LogP contribution in [0.3, 0.4) is 0 Å². The molecule has 0 unspecified atom stereocenters. The van der Waals surface area contributed by atoms with E-state index in [1.165, 1.54) is 0 Å². The van der Waals surface area contributed by atoms with E-state index < -0.39 is 11.2 Å². The van der Waals surface area contributed by atoms with E-state index in [-0.39, 0.29) is 28.7 Å². The fourth-order valence-corrected chi connectivity index (χ4v) is 3.41. The minimum atomic E-state index is -0.656. The predicted octanol–water partition coefficient (Wildman–Crippen LogP) is 3.04. The molecule has 2 aromatic heterocycles. The SMILES string of the molecule is CCc1c(C(=O)c2cc(C)cc(C)c2)[nH]c(=O)n(Cc2cccc(Cl)n2)c1=O. The summed E-state index contributed by atoms with van der Waals surface area (Å²) in [6.07, 6.45) is 0.310. The van der Waals surface area contributed by atoms with Crippen LogP contribution >= 0.6 is 11.6 Å². The van der Waals surface area contributed by atoms with Crippen molar-refractivity contribution in [3.8, 4) is 0 Å². The molecule has 0 aliphatic heterocycles. The molecule has 0 saturated heterocycles. The zero-order chi connectivity index (χ0) is 20.4. The summed E-state index contributed by atoms with van der Waals surface area (Å²) in [7, 11) is 0. The third kappa shape index (κ3) is 3.97. The van der Waals surface area contributed by atoms with Crippen molar-refractivity contribution in [2.24, 2.45) is 0 Å². The zero-order valence-electron chi connectivity index (χ0n) is 15.9. The molecule has 3 rings (SSSR count). The number of aromatic nitrogens is 3. The lowest BCUT2D eigenvalue weighted by Gasteiger charge is -2.11. The predicted molar refractivity (Wildman–Crippen MR) is 108 cm³/mol. The van der Waals surface area contributed by atoms with Gasteiger partial charge < -0.3 is 4.98 Å². The van der Waals surface area contributed by atoms with Crippen LogP contribution in [0, 0.1) is 13.8 Å². The number of rotatable bonds is 5. The standard InChI is InChI=1S/C21H20ClN3O3/c1-4-16-18(19(26)14-9-12(2)8-13(3)10-14)24-21(28)25(20(16)27)11-15-6-5-7-17(22)23-15/h5-10H,4,11H2,1-3H3,(H,24,28). The summed E-state index contributed by atoms with van der Waals surface area (Å²) in [5, 5.41) is 0.277. The number of nitrogens with one attached hydrogen (secondary N) is 1. The number of benzene rings is 1. The monoisotopic (exact) mass is 397 g/mol. The fourth-order valence-electron chi connectivity index (χ4n) is 3.23. The van der Waals surface area contributed by atoms with E-state index in [4.69, 9.17) is 11.6 Å². The van der Waals surface area contributed by atoms with Crippen molar-refractivity contribution in [1.29, 1.82) is 0 Å². The van der Waals surface area contributed by atoms with Crippen molar-refractivity contribution >= 4 is 17.4 Å². The van der Waals surface area contributed by atoms with Crippen molar-refractivity contribution < 1.29 is 4.79 Å². The van der Waals surface area contributed by atoms with Gasteiger partial charge in [0, 0.05) is 11.1 Å². The lowest BCUT2D eigenvalue weighted by molar-refractivity contribution is 0.103. The Morgan fingerprint density at radius 3 is 2.43 bits per heavy atom. The van der Waals surface area contributed by atoms with Gasteiger partial charge in [-0.05, 0) is 44.5 Å². The molecule has 7 heteroatoms. The second kappa shape index (κ2) is 7.94. The molecular formula is C21H20ClN3O3. The molecule has 144 valence electrons. The molecule has 0 aliphatic rings. The second-order valence-corrected chi connectivity index (χ2v) is 7.07. The molecule has 1 N–H and O–H groups in total. The number of carbonyl (C=O) groups is 1. The number of halogens is 1. The van der Waals surface area contributed by atoms with Crippen LogP contribution in [0.1, 0.15) is 45.4 Å². The van der Waals surface area contributed by atoms with Gasteiger partial charge in [0.25, 0.3) is 5.56 Å². The Morgan fingerprint density at radius 1 is 1.14 bits per heavy atom. The van der Waals surface area contributed by atoms with E-state index in [2.05, 4.69) is 9.97 Å². The Labute approximate surface area is 166 Å². The topological polar surface area (TPSA) is 84.8 Å². The second-order valence-electron chi connectivity index (χ2n) is 6.69. The van der Waals surface area contributed by atoms with Crippen LogP contribution in [-0.4, -0.2) is 20.3 Å². The molecule has 1 aromatic carbocycles. The largest absolute Gasteiger partial charge is 0.329 e. The van der Waals surface area contributed by atoms with Crippen molar-refractivity contribution in [3.05, 3.63) is 96.0 Å². The van der Waals surface area contributed by atoms with Crippen molar-refractivity contribution in [1.82, 2.24) is 14.5 Å². The molecule has 0 bridgehead atoms. The quantitative estimate of drug-likeness (QED) is 0.529. The van der Waals surface area contributed by atoms with Gasteiger partial charge in [0.1, 0.15) is 5.15 Å². The van der Waals surface area contributed by atoms with Crippen LogP contribution in [-0.2, 0) is 13.0 Å². The molecule has 3 aromatic rings. The highest BCUT2D eigenvalue weighted by Gasteiger charge is 2.20. The molecular weight excluding hydrogens is 378 g/mol. The maximum atomic E-state index is 13.0. The molecule has 0 fully saturated rings. The van der Waals surface area contributed by atoms with Gasteiger partial charge in [0.15, 0.2) is 0 Å². The summed E-state index contributed by atoms with van der Waals surface area (Å²) < 4.78 is 1.04. The van der Waals surface area contributed by atoms with E-state index in [1.807, 2.05) is 19.9 Å². The molecule has 0 saturated carbocycles. The molecule has 6 nitrogen and oxygen atoms in total. The lowest BCUT2D eigenvalue weighted by Crippen LogP contribution is -2.40. The van der Waals surface area contributed by atoms with E-state index in [0.717, 1.165) is 15.7 Å². The summed E-state index contributed by atoms with van der Waals surface area (Å²) in [6, 6.07) is 10.4. The third-order valence-electron chi connectivity index (χ3n) is 4.44. The van der Waals surface area contributed by atoms with Crippen molar-refractivity contribution in [2.45, 2.75) is 33.7 Å². The number of carbonyl (C=O) groups excluding carboxylic acids is 1. The van der Waals surface area contributed by atoms with E-state index >= 15 is 0 Å². The number of hydrogen-bond acceptors (Lipinski definition) is 4. The van der Waals surface area contributed by atoms with Crippen molar-refractivity contribution in [2.75, 3.05) is 0 Å². The normalized spacial score (nSPS) is 10.9. The minimum absolute atomic E-state index is 0.0280. The molecule has 28 heavy (non-hydrogen) atoms. The first-order valence-corrected chi connectivity index (χ1v) is 9.28. The molecule has 2 heterocycles. The van der Waals surface area contributed by atoms with Gasteiger partial charge >= 0.3 is 5.69 Å². The lowest BCUT2D eigenvalue weighted by atomic mass is 9.99.